The van der Waals surface area contributed by atoms with Gasteiger partial charge in [-0.15, -0.1) is 24.0 Å². The molecule has 2 aromatic rings. The summed E-state index contributed by atoms with van der Waals surface area (Å²) < 4.78 is 16.9. The van der Waals surface area contributed by atoms with Gasteiger partial charge in [-0.1, -0.05) is 0 Å². The number of carbonyl (C=O) groups excluding carboxylic acids is 1. The second-order valence-corrected chi connectivity index (χ2v) is 7.53. The first kappa shape index (κ1) is 25.8. The summed E-state index contributed by atoms with van der Waals surface area (Å²) in [5.74, 6) is 2.66. The van der Waals surface area contributed by atoms with E-state index in [0.29, 0.717) is 38.0 Å². The van der Waals surface area contributed by atoms with Crippen LogP contribution in [0.3, 0.4) is 0 Å². The molecule has 0 fully saturated rings. The fourth-order valence-electron chi connectivity index (χ4n) is 3.49. The molecule has 0 radical (unpaired) electrons. The SMILES string of the molecule is CCOc1cc2c(cc1CNC(=NC)NCCCNC(=O)c1occc1C)OC(C)C2.I. The first-order valence-corrected chi connectivity index (χ1v) is 10.7. The Labute approximate surface area is 206 Å². The molecule has 2 heterocycles. The van der Waals surface area contributed by atoms with Gasteiger partial charge in [-0.2, -0.15) is 0 Å². The molecule has 1 atom stereocenters. The van der Waals surface area contributed by atoms with Crippen molar-refractivity contribution in [3.05, 3.63) is 46.9 Å². The van der Waals surface area contributed by atoms with Crippen molar-refractivity contribution in [3.63, 3.8) is 0 Å². The zero-order valence-electron chi connectivity index (χ0n) is 19.1. The van der Waals surface area contributed by atoms with Crippen molar-refractivity contribution in [2.45, 2.75) is 46.3 Å². The van der Waals surface area contributed by atoms with Gasteiger partial charge in [-0.3, -0.25) is 9.79 Å². The minimum absolute atomic E-state index is 0. The van der Waals surface area contributed by atoms with Crippen LogP contribution < -0.4 is 25.4 Å². The molecule has 1 aliphatic rings. The van der Waals surface area contributed by atoms with Crippen LogP contribution in [0.15, 0.2) is 33.9 Å². The first-order valence-electron chi connectivity index (χ1n) is 10.7. The number of benzene rings is 1. The molecule has 1 aromatic carbocycles. The summed E-state index contributed by atoms with van der Waals surface area (Å²) >= 11 is 0. The van der Waals surface area contributed by atoms with Crippen molar-refractivity contribution in [2.75, 3.05) is 26.7 Å². The molecule has 0 bridgehead atoms. The highest BCUT2D eigenvalue weighted by molar-refractivity contribution is 14.0. The molecule has 1 aliphatic heterocycles. The first-order chi connectivity index (χ1) is 15.0. The summed E-state index contributed by atoms with van der Waals surface area (Å²) in [6, 6.07) is 5.91. The molecule has 8 nitrogen and oxygen atoms in total. The van der Waals surface area contributed by atoms with E-state index in [4.69, 9.17) is 13.9 Å². The lowest BCUT2D eigenvalue weighted by Gasteiger charge is -2.16. The summed E-state index contributed by atoms with van der Waals surface area (Å²) in [4.78, 5) is 16.3. The number of rotatable bonds is 9. The van der Waals surface area contributed by atoms with E-state index in [1.165, 1.54) is 11.8 Å². The van der Waals surface area contributed by atoms with E-state index >= 15 is 0 Å². The van der Waals surface area contributed by atoms with Crippen molar-refractivity contribution in [1.82, 2.24) is 16.0 Å². The fourth-order valence-corrected chi connectivity index (χ4v) is 3.49. The van der Waals surface area contributed by atoms with Crippen molar-refractivity contribution in [1.29, 1.82) is 0 Å². The Balaban J connectivity index is 0.00000363. The van der Waals surface area contributed by atoms with E-state index in [9.17, 15) is 4.79 Å². The number of nitrogens with one attached hydrogen (secondary N) is 3. The molecule has 0 saturated carbocycles. The van der Waals surface area contributed by atoms with Crippen molar-refractivity contribution >= 4 is 35.8 Å². The third-order valence-corrected chi connectivity index (χ3v) is 5.05. The maximum Gasteiger partial charge on any atom is 0.287 e. The molecule has 3 N–H and O–H groups in total. The quantitative estimate of drug-likeness (QED) is 0.190. The molecule has 0 aliphatic carbocycles. The monoisotopic (exact) mass is 556 g/mol. The highest BCUT2D eigenvalue weighted by Crippen LogP contribution is 2.35. The number of halogens is 1. The number of carbonyl (C=O) groups is 1. The number of furan rings is 1. The lowest BCUT2D eigenvalue weighted by Crippen LogP contribution is -2.38. The number of aryl methyl sites for hydroxylation is 1. The summed E-state index contributed by atoms with van der Waals surface area (Å²) in [6.07, 6.45) is 3.37. The molecule has 0 spiro atoms. The lowest BCUT2D eigenvalue weighted by molar-refractivity contribution is 0.0925. The smallest absolute Gasteiger partial charge is 0.287 e. The fraction of sp³-hybridized carbons (Fsp3) is 0.478. The topological polar surface area (TPSA) is 97.1 Å². The molecule has 1 amide bonds. The minimum atomic E-state index is -0.193. The maximum atomic E-state index is 12.0. The number of aliphatic imine (C=N–C) groups is 1. The highest BCUT2D eigenvalue weighted by Gasteiger charge is 2.22. The maximum absolute atomic E-state index is 12.0. The zero-order valence-corrected chi connectivity index (χ0v) is 21.4. The van der Waals surface area contributed by atoms with Gasteiger partial charge in [-0.25, -0.2) is 0 Å². The lowest BCUT2D eigenvalue weighted by atomic mass is 10.1. The summed E-state index contributed by atoms with van der Waals surface area (Å²) in [7, 11) is 1.73. The largest absolute Gasteiger partial charge is 0.494 e. The summed E-state index contributed by atoms with van der Waals surface area (Å²) in [6.45, 7) is 8.28. The number of guanidine groups is 1. The second kappa shape index (κ2) is 12.6. The summed E-state index contributed by atoms with van der Waals surface area (Å²) in [5.41, 5.74) is 3.05. The summed E-state index contributed by atoms with van der Waals surface area (Å²) in [5, 5.41) is 9.44. The van der Waals surface area contributed by atoms with Crippen LogP contribution in [0.25, 0.3) is 0 Å². The van der Waals surface area contributed by atoms with Gasteiger partial charge in [-0.05, 0) is 45.4 Å². The van der Waals surface area contributed by atoms with Gasteiger partial charge >= 0.3 is 0 Å². The number of fused-ring (bicyclic) bond motifs is 1. The Bertz CT molecular complexity index is 929. The second-order valence-electron chi connectivity index (χ2n) is 7.53. The van der Waals surface area contributed by atoms with Gasteiger partial charge in [0.15, 0.2) is 11.7 Å². The van der Waals surface area contributed by atoms with E-state index in [1.54, 1.807) is 13.1 Å². The molecule has 1 unspecified atom stereocenters. The highest BCUT2D eigenvalue weighted by atomic mass is 127. The van der Waals surface area contributed by atoms with Gasteiger partial charge in [0, 0.05) is 49.8 Å². The average molecular weight is 556 g/mol. The van der Waals surface area contributed by atoms with E-state index in [1.807, 2.05) is 13.8 Å². The van der Waals surface area contributed by atoms with Crippen LogP contribution in [-0.2, 0) is 13.0 Å². The van der Waals surface area contributed by atoms with Crippen molar-refractivity contribution < 1.29 is 18.7 Å². The van der Waals surface area contributed by atoms with Crippen LogP contribution in [0.4, 0.5) is 0 Å². The van der Waals surface area contributed by atoms with Crippen LogP contribution in [0.1, 0.15) is 47.5 Å². The molecule has 0 saturated heterocycles. The third-order valence-electron chi connectivity index (χ3n) is 5.05. The van der Waals surface area contributed by atoms with Crippen LogP contribution in [0.2, 0.25) is 0 Å². The predicted molar refractivity (Wildman–Crippen MR) is 135 cm³/mol. The van der Waals surface area contributed by atoms with Crippen LogP contribution in [0.5, 0.6) is 11.5 Å². The predicted octanol–water partition coefficient (Wildman–Crippen LogP) is 3.41. The Morgan fingerprint density at radius 2 is 2.03 bits per heavy atom. The Hall–Kier alpha value is -2.43. The Morgan fingerprint density at radius 3 is 2.72 bits per heavy atom. The zero-order chi connectivity index (χ0) is 22.2. The molecule has 9 heteroatoms. The van der Waals surface area contributed by atoms with Crippen LogP contribution in [0, 0.1) is 6.92 Å². The number of hydrogen-bond acceptors (Lipinski definition) is 5. The van der Waals surface area contributed by atoms with Crippen LogP contribution in [-0.4, -0.2) is 44.7 Å². The van der Waals surface area contributed by atoms with E-state index < -0.39 is 0 Å². The standard InChI is InChI=1S/C23H32N4O4.HI/c1-5-29-19-12-17-11-16(3)31-20(17)13-18(19)14-27-23(24-4)26-9-6-8-25-22(28)21-15(2)7-10-30-21;/h7,10,12-13,16H,5-6,8-9,11,14H2,1-4H3,(H,25,28)(H2,24,26,27);1H. The molecule has 3 rings (SSSR count). The van der Waals surface area contributed by atoms with Gasteiger partial charge in [0.25, 0.3) is 5.91 Å². The van der Waals surface area contributed by atoms with E-state index in [-0.39, 0.29) is 36.0 Å². The molecule has 32 heavy (non-hydrogen) atoms. The third kappa shape index (κ3) is 6.78. The van der Waals surface area contributed by atoms with E-state index in [0.717, 1.165) is 35.5 Å². The number of hydrogen-bond donors (Lipinski definition) is 3. The van der Waals surface area contributed by atoms with Crippen LogP contribution >= 0.6 is 24.0 Å². The molecular weight excluding hydrogens is 523 g/mol. The molecule has 176 valence electrons. The van der Waals surface area contributed by atoms with Crippen molar-refractivity contribution in [3.8, 4) is 11.5 Å². The van der Waals surface area contributed by atoms with Gasteiger partial charge in [0.05, 0.1) is 12.9 Å². The average Bonchev–Trinajstić information content (AvgIpc) is 3.34. The van der Waals surface area contributed by atoms with E-state index in [2.05, 4.69) is 40.0 Å². The van der Waals surface area contributed by atoms with Gasteiger partial charge in [0.1, 0.15) is 17.6 Å². The molecular formula is C23H33IN4O4. The number of ether oxygens (including phenoxy) is 2. The van der Waals surface area contributed by atoms with Crippen molar-refractivity contribution in [2.24, 2.45) is 4.99 Å². The number of nitrogens with zero attached hydrogens (tertiary/aromatic N) is 1. The molecule has 1 aromatic heterocycles. The van der Waals surface area contributed by atoms with Gasteiger partial charge < -0.3 is 29.8 Å². The van der Waals surface area contributed by atoms with Gasteiger partial charge in [0.2, 0.25) is 0 Å². The minimum Gasteiger partial charge on any atom is -0.494 e. The number of amides is 1. The normalized spacial score (nSPS) is 14.8. The Morgan fingerprint density at radius 1 is 1.25 bits per heavy atom. The Kier molecular flexibility index (Phi) is 10.1.